The van der Waals surface area contributed by atoms with Gasteiger partial charge in [-0.3, -0.25) is 30.0 Å². The second-order valence-corrected chi connectivity index (χ2v) is 5.05. The number of nitrogens with one attached hydrogen (secondary N) is 2. The van der Waals surface area contributed by atoms with Gasteiger partial charge < -0.3 is 0 Å². The quantitative estimate of drug-likeness (QED) is 0.537. The largest absolute Gasteiger partial charge is 0.441 e. The molecule has 2 rings (SSSR count). The van der Waals surface area contributed by atoms with Gasteiger partial charge in [0.15, 0.2) is 0 Å². The highest BCUT2D eigenvalue weighted by Gasteiger charge is 2.83. The van der Waals surface area contributed by atoms with E-state index < -0.39 is 75.7 Å². The van der Waals surface area contributed by atoms with Crippen molar-refractivity contribution in [1.29, 1.82) is 10.8 Å². The van der Waals surface area contributed by atoms with Crippen LogP contribution < -0.4 is 0 Å². The summed E-state index contributed by atoms with van der Waals surface area (Å²) in [6, 6.07) is 0. The maximum atomic E-state index is 13.6. The Morgan fingerprint density at radius 1 is 0.680 bits per heavy atom. The second kappa shape index (κ2) is 5.10. The highest BCUT2D eigenvalue weighted by Crippen LogP contribution is 2.52. The van der Waals surface area contributed by atoms with Crippen LogP contribution in [0.4, 0.5) is 26.3 Å². The molecule has 0 radical (unpaired) electrons. The number of carbonyl (C=O) groups excluding carboxylic acids is 4. The minimum absolute atomic E-state index is 1.34. The molecule has 2 aliphatic heterocycles. The number of hydrogen-bond donors (Lipinski definition) is 2. The number of alkyl halides is 6. The Morgan fingerprint density at radius 3 is 1.12 bits per heavy atom. The molecule has 14 heteroatoms. The summed E-state index contributed by atoms with van der Waals surface area (Å²) >= 11 is 0. The summed E-state index contributed by atoms with van der Waals surface area (Å²) in [6.45, 7) is 0. The number of halogens is 6. The van der Waals surface area contributed by atoms with Crippen LogP contribution in [0, 0.1) is 10.8 Å². The number of amides is 4. The Kier molecular flexibility index (Phi) is 3.78. The highest BCUT2D eigenvalue weighted by molar-refractivity contribution is 6.50. The van der Waals surface area contributed by atoms with E-state index in [4.69, 9.17) is 10.8 Å². The first kappa shape index (κ1) is 18.5. The molecule has 2 saturated heterocycles. The summed E-state index contributed by atoms with van der Waals surface area (Å²) in [7, 11) is 0. The minimum atomic E-state index is -6.53. The van der Waals surface area contributed by atoms with E-state index >= 15 is 0 Å². The van der Waals surface area contributed by atoms with Crippen molar-refractivity contribution in [3.05, 3.63) is 0 Å². The second-order valence-electron chi connectivity index (χ2n) is 5.05. The topological polar surface area (TPSA) is 122 Å². The van der Waals surface area contributed by atoms with Gasteiger partial charge in [-0.25, -0.2) is 9.80 Å². The molecule has 0 spiro atoms. The Bertz CT molecular complexity index is 678. The van der Waals surface area contributed by atoms with Crippen molar-refractivity contribution in [3.63, 3.8) is 0 Å². The summed E-state index contributed by atoms with van der Waals surface area (Å²) in [5.41, 5.74) is -8.36. The normalized spacial score (nSPS) is 20.4. The first-order valence-corrected chi connectivity index (χ1v) is 6.21. The van der Waals surface area contributed by atoms with Crippen LogP contribution in [0.3, 0.4) is 0 Å². The molecule has 136 valence electrons. The average Bonchev–Trinajstić information content (AvgIpc) is 2.80. The van der Waals surface area contributed by atoms with Crippen molar-refractivity contribution in [2.24, 2.45) is 0 Å². The molecule has 0 saturated carbocycles. The summed E-state index contributed by atoms with van der Waals surface area (Å²) < 4.78 is 81.4. The Hall–Kier alpha value is -2.80. The van der Waals surface area contributed by atoms with Crippen molar-refractivity contribution < 1.29 is 45.5 Å². The maximum Gasteiger partial charge on any atom is 0.441 e. The van der Waals surface area contributed by atoms with Crippen molar-refractivity contribution >= 4 is 35.1 Å². The fourth-order valence-corrected chi connectivity index (χ4v) is 2.53. The average molecular weight is 372 g/mol. The molecule has 0 aromatic rings. The van der Waals surface area contributed by atoms with E-state index in [1.807, 2.05) is 0 Å². The number of imide groups is 2. The van der Waals surface area contributed by atoms with Crippen LogP contribution in [0.5, 0.6) is 0 Å². The number of likely N-dealkylation sites (tertiary alicyclic amines) is 2. The zero-order valence-electron chi connectivity index (χ0n) is 11.7. The lowest BCUT2D eigenvalue weighted by Crippen LogP contribution is -2.78. The van der Waals surface area contributed by atoms with E-state index in [0.717, 1.165) is 0 Å². The molecule has 2 N–H and O–H groups in total. The van der Waals surface area contributed by atoms with E-state index in [-0.39, 0.29) is 0 Å². The van der Waals surface area contributed by atoms with E-state index in [2.05, 4.69) is 0 Å². The van der Waals surface area contributed by atoms with Crippen LogP contribution in [-0.4, -0.2) is 62.9 Å². The van der Waals surface area contributed by atoms with Crippen molar-refractivity contribution in [3.8, 4) is 0 Å². The minimum Gasteiger partial charge on any atom is -0.299 e. The zero-order chi connectivity index (χ0) is 19.5. The van der Waals surface area contributed by atoms with Crippen LogP contribution in [0.1, 0.15) is 12.8 Å². The third-order valence-corrected chi connectivity index (χ3v) is 3.52. The van der Waals surface area contributed by atoms with E-state index in [1.165, 1.54) is 0 Å². The van der Waals surface area contributed by atoms with Crippen LogP contribution in [-0.2, 0) is 19.2 Å². The summed E-state index contributed by atoms with van der Waals surface area (Å²) in [6.07, 6.45) is -15.8. The molecule has 0 atom stereocenters. The van der Waals surface area contributed by atoms with Gasteiger partial charge in [0, 0.05) is 0 Å². The van der Waals surface area contributed by atoms with Crippen LogP contribution in [0.25, 0.3) is 0 Å². The van der Waals surface area contributed by atoms with Gasteiger partial charge in [0.2, 0.25) is 11.8 Å². The van der Waals surface area contributed by atoms with Crippen molar-refractivity contribution in [1.82, 2.24) is 9.80 Å². The van der Waals surface area contributed by atoms with Crippen molar-refractivity contribution in [2.75, 3.05) is 0 Å². The third-order valence-electron chi connectivity index (χ3n) is 3.52. The molecule has 0 aliphatic carbocycles. The lowest BCUT2D eigenvalue weighted by molar-refractivity contribution is -0.361. The zero-order valence-corrected chi connectivity index (χ0v) is 11.7. The molecule has 0 unspecified atom stereocenters. The van der Waals surface area contributed by atoms with Crippen LogP contribution >= 0.6 is 0 Å². The molecule has 25 heavy (non-hydrogen) atoms. The Morgan fingerprint density at radius 2 is 0.960 bits per heavy atom. The molecule has 8 nitrogen and oxygen atoms in total. The Labute approximate surface area is 133 Å². The van der Waals surface area contributed by atoms with Gasteiger partial charge in [0.05, 0.1) is 12.8 Å². The Balaban J connectivity index is 2.90. The van der Waals surface area contributed by atoms with Gasteiger partial charge in [-0.1, -0.05) is 0 Å². The summed E-state index contributed by atoms with van der Waals surface area (Å²) in [5, 5.41) is 14.1. The van der Waals surface area contributed by atoms with Gasteiger partial charge in [0.1, 0.15) is 11.4 Å². The predicted molar refractivity (Wildman–Crippen MR) is 63.2 cm³/mol. The molecule has 0 bridgehead atoms. The molecule has 2 fully saturated rings. The predicted octanol–water partition coefficient (Wildman–Crippen LogP) is 0.365. The number of nitrogens with zero attached hydrogens (tertiary/aromatic N) is 2. The van der Waals surface area contributed by atoms with Gasteiger partial charge in [0.25, 0.3) is 11.8 Å². The van der Waals surface area contributed by atoms with Gasteiger partial charge in [-0.15, -0.1) is 0 Å². The van der Waals surface area contributed by atoms with E-state index in [0.29, 0.717) is 0 Å². The smallest absolute Gasteiger partial charge is 0.299 e. The molecule has 0 aromatic carbocycles. The lowest BCUT2D eigenvalue weighted by atomic mass is 10.0. The van der Waals surface area contributed by atoms with Gasteiger partial charge in [-0.2, -0.15) is 26.3 Å². The number of carbonyl (C=O) groups is 4. The fraction of sp³-hybridized carbons (Fsp3) is 0.455. The van der Waals surface area contributed by atoms with Gasteiger partial charge in [-0.05, 0) is 0 Å². The number of rotatable bonds is 2. The van der Waals surface area contributed by atoms with Gasteiger partial charge >= 0.3 is 18.0 Å². The molecular weight excluding hydrogens is 366 g/mol. The van der Waals surface area contributed by atoms with Crippen molar-refractivity contribution in [2.45, 2.75) is 30.9 Å². The standard InChI is InChI=1S/C11H6F6N4O4/c12-10(13,14)9(11(15,16)17,20-5(22)1-3(18)7(20)24)21-6(23)2-4(19)8(21)25/h18-19H,1-2H2. The molecule has 0 aromatic heterocycles. The molecule has 2 heterocycles. The SMILES string of the molecule is N=C1CC(=O)N(C(N2C(=O)CC(=N)C2=O)(C(F)(F)F)C(F)(F)F)C1=O. The summed E-state index contributed by atoms with van der Waals surface area (Å²) in [4.78, 5) is 44.0. The number of hydrogen-bond acceptors (Lipinski definition) is 6. The first-order valence-electron chi connectivity index (χ1n) is 6.21. The fourth-order valence-electron chi connectivity index (χ4n) is 2.53. The van der Waals surface area contributed by atoms with Crippen LogP contribution in [0.2, 0.25) is 0 Å². The summed E-state index contributed by atoms with van der Waals surface area (Å²) in [5.74, 6) is -8.58. The molecule has 4 amide bonds. The highest BCUT2D eigenvalue weighted by atomic mass is 19.4. The lowest BCUT2D eigenvalue weighted by Gasteiger charge is -2.46. The first-order chi connectivity index (χ1) is 11.2. The maximum absolute atomic E-state index is 13.6. The van der Waals surface area contributed by atoms with E-state index in [9.17, 15) is 45.5 Å². The molecule has 2 aliphatic rings. The molecular formula is C11H6F6N4O4. The van der Waals surface area contributed by atoms with E-state index in [1.54, 1.807) is 0 Å². The monoisotopic (exact) mass is 372 g/mol. The third kappa shape index (κ3) is 2.23. The van der Waals surface area contributed by atoms with Crippen LogP contribution in [0.15, 0.2) is 0 Å².